The highest BCUT2D eigenvalue weighted by Crippen LogP contribution is 2.16. The number of para-hydroxylation sites is 1. The SMILES string of the molecule is Nc1c(C#Cc2cccc(CO)c2)cccc1C(=O)O. The van der Waals surface area contributed by atoms with E-state index in [-0.39, 0.29) is 17.9 Å². The first kappa shape index (κ1) is 13.7. The van der Waals surface area contributed by atoms with Crippen molar-refractivity contribution in [2.45, 2.75) is 6.61 Å². The zero-order valence-corrected chi connectivity index (χ0v) is 10.6. The summed E-state index contributed by atoms with van der Waals surface area (Å²) in [6, 6.07) is 11.9. The van der Waals surface area contributed by atoms with Gasteiger partial charge in [0, 0.05) is 11.1 Å². The van der Waals surface area contributed by atoms with Crippen LogP contribution >= 0.6 is 0 Å². The fourth-order valence-electron chi connectivity index (χ4n) is 1.75. The van der Waals surface area contributed by atoms with Gasteiger partial charge in [-0.2, -0.15) is 0 Å². The summed E-state index contributed by atoms with van der Waals surface area (Å²) in [6.45, 7) is -0.0494. The summed E-state index contributed by atoms with van der Waals surface area (Å²) in [5.74, 6) is 4.69. The number of hydrogen-bond donors (Lipinski definition) is 3. The van der Waals surface area contributed by atoms with E-state index in [0.29, 0.717) is 5.56 Å². The van der Waals surface area contributed by atoms with Gasteiger partial charge in [-0.15, -0.1) is 0 Å². The molecular formula is C16H13NO3. The molecule has 0 atom stereocenters. The van der Waals surface area contributed by atoms with E-state index in [1.165, 1.54) is 6.07 Å². The molecule has 0 spiro atoms. The predicted molar refractivity (Wildman–Crippen MR) is 76.2 cm³/mol. The number of benzene rings is 2. The maximum absolute atomic E-state index is 11.0. The smallest absolute Gasteiger partial charge is 0.337 e. The second-order valence-corrected chi connectivity index (χ2v) is 4.18. The molecule has 2 aromatic rings. The molecule has 2 aromatic carbocycles. The molecular weight excluding hydrogens is 254 g/mol. The molecule has 4 nitrogen and oxygen atoms in total. The van der Waals surface area contributed by atoms with E-state index >= 15 is 0 Å². The summed E-state index contributed by atoms with van der Waals surface area (Å²) in [5, 5.41) is 18.0. The maximum Gasteiger partial charge on any atom is 0.337 e. The molecule has 0 aromatic heterocycles. The fraction of sp³-hybridized carbons (Fsp3) is 0.0625. The van der Waals surface area contributed by atoms with Gasteiger partial charge in [0.1, 0.15) is 0 Å². The van der Waals surface area contributed by atoms with Crippen LogP contribution in [0.1, 0.15) is 27.0 Å². The summed E-state index contributed by atoms with van der Waals surface area (Å²) in [4.78, 5) is 11.0. The molecule has 0 aliphatic heterocycles. The number of carbonyl (C=O) groups is 1. The van der Waals surface area contributed by atoms with Crippen molar-refractivity contribution in [2.24, 2.45) is 0 Å². The van der Waals surface area contributed by atoms with Crippen LogP contribution in [0.5, 0.6) is 0 Å². The third-order valence-corrected chi connectivity index (χ3v) is 2.79. The number of hydrogen-bond acceptors (Lipinski definition) is 3. The monoisotopic (exact) mass is 267 g/mol. The van der Waals surface area contributed by atoms with Crippen LogP contribution in [0, 0.1) is 11.8 Å². The molecule has 0 heterocycles. The van der Waals surface area contributed by atoms with Crippen molar-refractivity contribution < 1.29 is 15.0 Å². The first-order valence-corrected chi connectivity index (χ1v) is 5.95. The van der Waals surface area contributed by atoms with E-state index in [9.17, 15) is 4.79 Å². The molecule has 0 radical (unpaired) electrons. The topological polar surface area (TPSA) is 83.5 Å². The van der Waals surface area contributed by atoms with Gasteiger partial charge in [-0.3, -0.25) is 0 Å². The van der Waals surface area contributed by atoms with Gasteiger partial charge in [-0.25, -0.2) is 4.79 Å². The molecule has 0 aliphatic carbocycles. The number of carboxylic acid groups (broad SMARTS) is 1. The molecule has 0 amide bonds. The first-order valence-electron chi connectivity index (χ1n) is 5.95. The minimum atomic E-state index is -1.08. The lowest BCUT2D eigenvalue weighted by atomic mass is 10.1. The summed E-state index contributed by atoms with van der Waals surface area (Å²) in [7, 11) is 0. The van der Waals surface area contributed by atoms with Gasteiger partial charge in [-0.05, 0) is 29.8 Å². The third kappa shape index (κ3) is 2.97. The Bertz CT molecular complexity index is 711. The quantitative estimate of drug-likeness (QED) is 0.573. The number of rotatable bonds is 2. The molecule has 0 fully saturated rings. The van der Waals surface area contributed by atoms with E-state index < -0.39 is 5.97 Å². The van der Waals surface area contributed by atoms with E-state index in [1.54, 1.807) is 30.3 Å². The zero-order valence-electron chi connectivity index (χ0n) is 10.6. The van der Waals surface area contributed by atoms with Crippen molar-refractivity contribution in [1.29, 1.82) is 0 Å². The minimum Gasteiger partial charge on any atom is -0.478 e. The lowest BCUT2D eigenvalue weighted by Crippen LogP contribution is -2.03. The van der Waals surface area contributed by atoms with Gasteiger partial charge in [0.15, 0.2) is 0 Å². The van der Waals surface area contributed by atoms with Crippen molar-refractivity contribution in [3.8, 4) is 11.8 Å². The van der Waals surface area contributed by atoms with Crippen LogP contribution in [0.25, 0.3) is 0 Å². The highest BCUT2D eigenvalue weighted by molar-refractivity contribution is 5.95. The van der Waals surface area contributed by atoms with Gasteiger partial charge in [-0.1, -0.05) is 30.0 Å². The van der Waals surface area contributed by atoms with Crippen LogP contribution in [0.4, 0.5) is 5.69 Å². The summed E-state index contributed by atoms with van der Waals surface area (Å²) in [5.41, 5.74) is 7.95. The highest BCUT2D eigenvalue weighted by Gasteiger charge is 2.09. The second kappa shape index (κ2) is 5.91. The van der Waals surface area contributed by atoms with Crippen LogP contribution in [-0.2, 0) is 6.61 Å². The van der Waals surface area contributed by atoms with Crippen LogP contribution in [0.2, 0.25) is 0 Å². The Hall–Kier alpha value is -2.77. The zero-order chi connectivity index (χ0) is 14.5. The summed E-state index contributed by atoms with van der Waals surface area (Å²) in [6.07, 6.45) is 0. The van der Waals surface area contributed by atoms with Crippen molar-refractivity contribution in [3.63, 3.8) is 0 Å². The number of aliphatic hydroxyl groups excluding tert-OH is 1. The Morgan fingerprint density at radius 3 is 2.60 bits per heavy atom. The van der Waals surface area contributed by atoms with E-state index in [4.69, 9.17) is 15.9 Å². The Balaban J connectivity index is 2.38. The minimum absolute atomic E-state index is 0.0425. The number of nitrogens with two attached hydrogens (primary N) is 1. The van der Waals surface area contributed by atoms with Gasteiger partial charge in [0.05, 0.1) is 17.9 Å². The number of aromatic carboxylic acids is 1. The summed E-state index contributed by atoms with van der Waals surface area (Å²) >= 11 is 0. The average molecular weight is 267 g/mol. The molecule has 4 N–H and O–H groups in total. The number of carboxylic acids is 1. The van der Waals surface area contributed by atoms with Crippen molar-refractivity contribution in [3.05, 3.63) is 64.7 Å². The van der Waals surface area contributed by atoms with E-state index in [2.05, 4.69) is 11.8 Å². The third-order valence-electron chi connectivity index (χ3n) is 2.79. The molecule has 0 unspecified atom stereocenters. The lowest BCUT2D eigenvalue weighted by molar-refractivity contribution is 0.0698. The Morgan fingerprint density at radius 1 is 1.15 bits per heavy atom. The van der Waals surface area contributed by atoms with E-state index in [1.807, 2.05) is 6.07 Å². The molecule has 4 heteroatoms. The Morgan fingerprint density at radius 2 is 1.90 bits per heavy atom. The molecule has 0 saturated carbocycles. The number of aliphatic hydroxyl groups is 1. The molecule has 0 saturated heterocycles. The summed E-state index contributed by atoms with van der Waals surface area (Å²) < 4.78 is 0. The average Bonchev–Trinajstić information content (AvgIpc) is 2.46. The van der Waals surface area contributed by atoms with E-state index in [0.717, 1.165) is 11.1 Å². The van der Waals surface area contributed by atoms with Crippen LogP contribution in [0.3, 0.4) is 0 Å². The molecule has 100 valence electrons. The Labute approximate surface area is 116 Å². The largest absolute Gasteiger partial charge is 0.478 e. The molecule has 20 heavy (non-hydrogen) atoms. The highest BCUT2D eigenvalue weighted by atomic mass is 16.4. The van der Waals surface area contributed by atoms with Gasteiger partial charge < -0.3 is 15.9 Å². The molecule has 0 aliphatic rings. The van der Waals surface area contributed by atoms with Gasteiger partial charge >= 0.3 is 5.97 Å². The van der Waals surface area contributed by atoms with Crippen LogP contribution in [0.15, 0.2) is 42.5 Å². The predicted octanol–water partition coefficient (Wildman–Crippen LogP) is 1.86. The fourth-order valence-corrected chi connectivity index (χ4v) is 1.75. The van der Waals surface area contributed by atoms with Gasteiger partial charge in [0.2, 0.25) is 0 Å². The van der Waals surface area contributed by atoms with Crippen LogP contribution < -0.4 is 5.73 Å². The lowest BCUT2D eigenvalue weighted by Gasteiger charge is -2.02. The second-order valence-electron chi connectivity index (χ2n) is 4.18. The standard InChI is InChI=1S/C16H13NO3/c17-15-13(5-2-6-14(15)16(19)20)8-7-11-3-1-4-12(9-11)10-18/h1-6,9,18H,10,17H2,(H,19,20). The van der Waals surface area contributed by atoms with Crippen molar-refractivity contribution in [2.75, 3.05) is 5.73 Å². The maximum atomic E-state index is 11.0. The molecule has 0 bridgehead atoms. The van der Waals surface area contributed by atoms with Crippen LogP contribution in [-0.4, -0.2) is 16.2 Å². The van der Waals surface area contributed by atoms with Gasteiger partial charge in [0.25, 0.3) is 0 Å². The number of anilines is 1. The molecule has 2 rings (SSSR count). The first-order chi connectivity index (χ1) is 9.61. The van der Waals surface area contributed by atoms with Crippen molar-refractivity contribution >= 4 is 11.7 Å². The van der Waals surface area contributed by atoms with Crippen molar-refractivity contribution in [1.82, 2.24) is 0 Å². The number of nitrogen functional groups attached to an aromatic ring is 1. The normalized spacial score (nSPS) is 9.65. The Kier molecular flexibility index (Phi) is 4.04.